The van der Waals surface area contributed by atoms with Crippen LogP contribution in [0.5, 0.6) is 0 Å². The maximum atomic E-state index is 5.46. The Morgan fingerprint density at radius 2 is 2.11 bits per heavy atom. The van der Waals surface area contributed by atoms with Gasteiger partial charge in [0.25, 0.3) is 0 Å². The minimum atomic E-state index is 0.115. The van der Waals surface area contributed by atoms with Gasteiger partial charge >= 0.3 is 0 Å². The molecule has 1 saturated carbocycles. The molecule has 100 valence electrons. The first kappa shape index (κ1) is 12.4. The summed E-state index contributed by atoms with van der Waals surface area (Å²) in [6.07, 6.45) is 3.18. The maximum Gasteiger partial charge on any atom is 0.223 e. The van der Waals surface area contributed by atoms with Gasteiger partial charge in [-0.05, 0) is 12.5 Å². The molecule has 1 fully saturated rings. The molecule has 1 aromatic carbocycles. The van der Waals surface area contributed by atoms with Crippen molar-refractivity contribution in [1.82, 2.24) is 9.97 Å². The first-order valence-electron chi connectivity index (χ1n) is 6.62. The van der Waals surface area contributed by atoms with Crippen LogP contribution in [0.25, 0.3) is 10.9 Å². The van der Waals surface area contributed by atoms with E-state index in [4.69, 9.17) is 4.74 Å². The van der Waals surface area contributed by atoms with E-state index in [0.717, 1.165) is 17.3 Å². The highest BCUT2D eigenvalue weighted by molar-refractivity contribution is 5.78. The third-order valence-electron chi connectivity index (χ3n) is 4.25. The van der Waals surface area contributed by atoms with Gasteiger partial charge in [-0.2, -0.15) is 0 Å². The number of ether oxygens (including phenoxy) is 1. The first-order chi connectivity index (χ1) is 9.11. The number of methoxy groups -OCH3 is 1. The second kappa shape index (κ2) is 4.46. The molecule has 2 unspecified atom stereocenters. The fraction of sp³-hybridized carbons (Fsp3) is 0.467. The Hall–Kier alpha value is -1.68. The van der Waals surface area contributed by atoms with E-state index in [2.05, 4.69) is 29.1 Å². The van der Waals surface area contributed by atoms with Gasteiger partial charge in [-0.1, -0.05) is 32.0 Å². The summed E-state index contributed by atoms with van der Waals surface area (Å²) >= 11 is 0. The van der Waals surface area contributed by atoms with Gasteiger partial charge in [0.15, 0.2) is 0 Å². The summed E-state index contributed by atoms with van der Waals surface area (Å²) in [5.74, 6) is 0.700. The molecule has 0 spiro atoms. The van der Waals surface area contributed by atoms with Crippen molar-refractivity contribution in [2.75, 3.05) is 12.4 Å². The summed E-state index contributed by atoms with van der Waals surface area (Å²) in [7, 11) is 1.77. The number of fused-ring (bicyclic) bond motifs is 1. The van der Waals surface area contributed by atoms with Crippen molar-refractivity contribution in [3.05, 3.63) is 30.5 Å². The van der Waals surface area contributed by atoms with E-state index in [1.54, 1.807) is 7.11 Å². The summed E-state index contributed by atoms with van der Waals surface area (Å²) in [5.41, 5.74) is 1.09. The van der Waals surface area contributed by atoms with Crippen LogP contribution < -0.4 is 5.32 Å². The highest BCUT2D eigenvalue weighted by atomic mass is 16.5. The van der Waals surface area contributed by atoms with E-state index in [1.807, 2.05) is 30.5 Å². The molecule has 1 aliphatic carbocycles. The van der Waals surface area contributed by atoms with Crippen LogP contribution in [-0.4, -0.2) is 29.2 Å². The summed E-state index contributed by atoms with van der Waals surface area (Å²) in [4.78, 5) is 8.93. The fourth-order valence-corrected chi connectivity index (χ4v) is 2.73. The zero-order chi connectivity index (χ0) is 13.5. The maximum absolute atomic E-state index is 5.46. The van der Waals surface area contributed by atoms with Gasteiger partial charge in [0.2, 0.25) is 5.95 Å². The van der Waals surface area contributed by atoms with E-state index in [0.29, 0.717) is 18.1 Å². The van der Waals surface area contributed by atoms with Crippen molar-refractivity contribution in [2.45, 2.75) is 32.4 Å². The Bertz CT molecular complexity index is 597. The topological polar surface area (TPSA) is 47.0 Å². The summed E-state index contributed by atoms with van der Waals surface area (Å²) in [6.45, 7) is 4.42. The summed E-state index contributed by atoms with van der Waals surface area (Å²) < 4.78 is 5.46. The van der Waals surface area contributed by atoms with Crippen LogP contribution in [0.15, 0.2) is 30.5 Å². The molecule has 1 aliphatic rings. The number of hydrogen-bond donors (Lipinski definition) is 1. The van der Waals surface area contributed by atoms with E-state index >= 15 is 0 Å². The number of anilines is 1. The Labute approximate surface area is 113 Å². The highest BCUT2D eigenvalue weighted by Gasteiger charge is 2.48. The molecule has 0 aliphatic heterocycles. The number of rotatable bonds is 3. The van der Waals surface area contributed by atoms with Crippen LogP contribution in [0.1, 0.15) is 20.3 Å². The lowest BCUT2D eigenvalue weighted by molar-refractivity contribution is -0.0796. The molecule has 0 saturated heterocycles. The van der Waals surface area contributed by atoms with E-state index in [1.165, 1.54) is 0 Å². The Kier molecular flexibility index (Phi) is 2.90. The predicted octanol–water partition coefficient (Wildman–Crippen LogP) is 2.86. The van der Waals surface area contributed by atoms with Gasteiger partial charge in [-0.25, -0.2) is 9.97 Å². The van der Waals surface area contributed by atoms with Crippen LogP contribution in [0.3, 0.4) is 0 Å². The summed E-state index contributed by atoms with van der Waals surface area (Å²) in [6, 6.07) is 8.38. The lowest BCUT2D eigenvalue weighted by Gasteiger charge is -2.51. The molecule has 3 rings (SSSR count). The van der Waals surface area contributed by atoms with Gasteiger partial charge in [0.05, 0.1) is 11.6 Å². The van der Waals surface area contributed by atoms with Gasteiger partial charge in [-0.15, -0.1) is 0 Å². The Morgan fingerprint density at radius 3 is 2.84 bits per heavy atom. The van der Waals surface area contributed by atoms with Crippen LogP contribution in [0, 0.1) is 5.41 Å². The zero-order valence-corrected chi connectivity index (χ0v) is 11.6. The molecular weight excluding hydrogens is 238 g/mol. The van der Waals surface area contributed by atoms with Crippen LogP contribution in [0.4, 0.5) is 5.95 Å². The molecule has 1 aromatic heterocycles. The van der Waals surface area contributed by atoms with Crippen molar-refractivity contribution in [3.8, 4) is 0 Å². The molecule has 2 aromatic rings. The minimum Gasteiger partial charge on any atom is -0.381 e. The molecular formula is C15H19N3O. The molecule has 0 bridgehead atoms. The molecule has 0 radical (unpaired) electrons. The Balaban J connectivity index is 1.79. The second-order valence-corrected chi connectivity index (χ2v) is 5.73. The lowest BCUT2D eigenvalue weighted by Crippen LogP contribution is -2.57. The van der Waals surface area contributed by atoms with E-state index in [9.17, 15) is 0 Å². The van der Waals surface area contributed by atoms with Crippen LogP contribution in [-0.2, 0) is 4.74 Å². The molecule has 4 nitrogen and oxygen atoms in total. The van der Waals surface area contributed by atoms with Gasteiger partial charge < -0.3 is 10.1 Å². The van der Waals surface area contributed by atoms with Crippen LogP contribution in [0.2, 0.25) is 0 Å². The fourth-order valence-electron chi connectivity index (χ4n) is 2.73. The standard InChI is InChI=1S/C15H19N3O/c1-15(2)12(8-13(15)19-3)18-14-16-9-10-6-4-5-7-11(10)17-14/h4-7,9,12-13H,8H2,1-3H3,(H,16,17,18). The van der Waals surface area contributed by atoms with Crippen molar-refractivity contribution in [3.63, 3.8) is 0 Å². The van der Waals surface area contributed by atoms with Crippen molar-refractivity contribution in [1.29, 1.82) is 0 Å². The second-order valence-electron chi connectivity index (χ2n) is 5.73. The normalized spacial score (nSPS) is 25.0. The number of para-hydroxylation sites is 1. The number of hydrogen-bond acceptors (Lipinski definition) is 4. The number of aromatic nitrogens is 2. The van der Waals surface area contributed by atoms with Crippen molar-refractivity contribution in [2.24, 2.45) is 5.41 Å². The minimum absolute atomic E-state index is 0.115. The first-order valence-corrected chi connectivity index (χ1v) is 6.62. The average Bonchev–Trinajstić information content (AvgIpc) is 2.42. The zero-order valence-electron chi connectivity index (χ0n) is 11.6. The lowest BCUT2D eigenvalue weighted by atomic mass is 9.64. The predicted molar refractivity (Wildman–Crippen MR) is 76.1 cm³/mol. The van der Waals surface area contributed by atoms with Crippen molar-refractivity contribution >= 4 is 16.9 Å². The van der Waals surface area contributed by atoms with Crippen molar-refractivity contribution < 1.29 is 4.74 Å². The molecule has 0 amide bonds. The summed E-state index contributed by atoms with van der Waals surface area (Å²) in [5, 5.41) is 4.49. The van der Waals surface area contributed by atoms with E-state index < -0.39 is 0 Å². The third-order valence-corrected chi connectivity index (χ3v) is 4.25. The third kappa shape index (κ3) is 2.06. The largest absolute Gasteiger partial charge is 0.381 e. The molecule has 4 heteroatoms. The molecule has 2 atom stereocenters. The number of benzene rings is 1. The van der Waals surface area contributed by atoms with Gasteiger partial charge in [0, 0.05) is 30.1 Å². The SMILES string of the molecule is COC1CC(Nc2ncc3ccccc3n2)C1(C)C. The highest BCUT2D eigenvalue weighted by Crippen LogP contribution is 2.43. The monoisotopic (exact) mass is 257 g/mol. The smallest absolute Gasteiger partial charge is 0.223 e. The van der Waals surface area contributed by atoms with Crippen LogP contribution >= 0.6 is 0 Å². The Morgan fingerprint density at radius 1 is 1.32 bits per heavy atom. The van der Waals surface area contributed by atoms with E-state index in [-0.39, 0.29) is 5.41 Å². The number of nitrogens with one attached hydrogen (secondary N) is 1. The number of nitrogens with zero attached hydrogens (tertiary/aromatic N) is 2. The average molecular weight is 257 g/mol. The molecule has 1 heterocycles. The van der Waals surface area contributed by atoms with Gasteiger partial charge in [-0.3, -0.25) is 0 Å². The van der Waals surface area contributed by atoms with Gasteiger partial charge in [0.1, 0.15) is 0 Å². The quantitative estimate of drug-likeness (QED) is 0.918. The molecule has 19 heavy (non-hydrogen) atoms. The molecule has 1 N–H and O–H groups in total.